The molecule has 0 aliphatic heterocycles. The van der Waals surface area contributed by atoms with Crippen molar-refractivity contribution in [3.63, 3.8) is 0 Å². The molecule has 0 unspecified atom stereocenters. The van der Waals surface area contributed by atoms with Gasteiger partial charge in [-0.05, 0) is 0 Å². The highest BCUT2D eigenvalue weighted by Gasteiger charge is 2.28. The molecule has 0 bridgehead atoms. The van der Waals surface area contributed by atoms with E-state index in [4.69, 9.17) is 19.1 Å². The van der Waals surface area contributed by atoms with Crippen LogP contribution in [-0.2, 0) is 4.79 Å². The van der Waals surface area contributed by atoms with Gasteiger partial charge in [-0.15, -0.1) is 0 Å². The smallest absolute Gasteiger partial charge is 0.430 e. The number of carboxylic acids is 1. The van der Waals surface area contributed by atoms with Gasteiger partial charge in [0.15, 0.2) is 5.76 Å². The molecule has 9 heteroatoms. The molecule has 130 valence electrons. The van der Waals surface area contributed by atoms with Crippen LogP contribution in [0.4, 0.5) is 13.2 Å². The summed E-state index contributed by atoms with van der Waals surface area (Å²) in [5.41, 5.74) is 3.55. The number of halogens is 3. The second-order valence-electron chi connectivity index (χ2n) is 4.39. The van der Waals surface area contributed by atoms with E-state index in [1.54, 1.807) is 12.1 Å². The Bertz CT molecular complexity index is 568. The normalized spacial score (nSPS) is 11.9. The first-order valence-corrected chi connectivity index (χ1v) is 6.61. The molecule has 0 aliphatic rings. The maximum Gasteiger partial charge on any atom is 0.430 e. The van der Waals surface area contributed by atoms with Crippen LogP contribution in [0.3, 0.4) is 0 Å². The number of aliphatic carboxylic acids is 1. The van der Waals surface area contributed by atoms with E-state index in [0.29, 0.717) is 18.1 Å². The van der Waals surface area contributed by atoms with Crippen LogP contribution in [0.2, 0.25) is 0 Å². The summed E-state index contributed by atoms with van der Waals surface area (Å²) >= 11 is 0. The van der Waals surface area contributed by atoms with Crippen LogP contribution in [0, 0.1) is 0 Å². The Morgan fingerprint density at radius 2 is 2.09 bits per heavy atom. The molecule has 23 heavy (non-hydrogen) atoms. The average molecular weight is 337 g/mol. The van der Waals surface area contributed by atoms with Gasteiger partial charge in [-0.2, -0.15) is 13.2 Å². The van der Waals surface area contributed by atoms with Crippen LogP contribution in [0.25, 0.3) is 0 Å². The van der Waals surface area contributed by atoms with Crippen molar-refractivity contribution in [3.8, 4) is 5.75 Å². The van der Waals surface area contributed by atoms with Crippen LogP contribution in [0.15, 0.2) is 34.0 Å². The molecule has 1 rings (SSSR count). The number of carbonyl (C=O) groups excluding carboxylic acids is 1. The summed E-state index contributed by atoms with van der Waals surface area (Å²) in [7, 11) is 0. The Morgan fingerprint density at radius 3 is 2.52 bits per heavy atom. The Labute approximate surface area is 130 Å². The first-order chi connectivity index (χ1) is 10.6. The molecule has 0 spiro atoms. The first-order valence-electron chi connectivity index (χ1n) is 6.61. The van der Waals surface area contributed by atoms with E-state index in [2.05, 4.69) is 19.2 Å². The minimum absolute atomic E-state index is 0.00928. The summed E-state index contributed by atoms with van der Waals surface area (Å²) < 4.78 is 41.9. The lowest BCUT2D eigenvalue weighted by molar-refractivity contribution is -0.432. The number of rotatable bonds is 6. The molecule has 1 heterocycles. The minimum atomic E-state index is -5.19. The SMILES string of the molecule is C=CCOc1cc([C@H]([NH3+])CCC)oc(=O)c1.O=C([O-])C(F)(F)F. The zero-order valence-corrected chi connectivity index (χ0v) is 12.5. The second-order valence-corrected chi connectivity index (χ2v) is 4.39. The molecule has 0 saturated heterocycles. The van der Waals surface area contributed by atoms with Gasteiger partial charge in [0.1, 0.15) is 24.4 Å². The third-order valence-electron chi connectivity index (χ3n) is 2.40. The molecule has 1 aromatic heterocycles. The van der Waals surface area contributed by atoms with Crippen molar-refractivity contribution in [1.29, 1.82) is 0 Å². The number of alkyl halides is 3. The van der Waals surface area contributed by atoms with Crippen molar-refractivity contribution < 1.29 is 38.0 Å². The van der Waals surface area contributed by atoms with Crippen LogP contribution in [0.5, 0.6) is 5.75 Å². The van der Waals surface area contributed by atoms with Crippen molar-refractivity contribution in [1.82, 2.24) is 0 Å². The Balaban J connectivity index is 0.000000585. The number of quaternary nitrogens is 1. The van der Waals surface area contributed by atoms with Gasteiger partial charge in [0, 0.05) is 12.5 Å². The molecule has 1 atom stereocenters. The van der Waals surface area contributed by atoms with E-state index in [1.807, 2.05) is 0 Å². The maximum absolute atomic E-state index is 11.3. The number of hydrogen-bond acceptors (Lipinski definition) is 5. The fourth-order valence-electron chi connectivity index (χ4n) is 1.40. The zero-order valence-electron chi connectivity index (χ0n) is 12.5. The van der Waals surface area contributed by atoms with Gasteiger partial charge in [0.25, 0.3) is 0 Å². The van der Waals surface area contributed by atoms with E-state index in [1.165, 1.54) is 6.07 Å². The highest BCUT2D eigenvalue weighted by Crippen LogP contribution is 2.17. The van der Waals surface area contributed by atoms with Crippen LogP contribution in [-0.4, -0.2) is 18.8 Å². The third kappa shape index (κ3) is 8.67. The zero-order chi connectivity index (χ0) is 18.0. The Morgan fingerprint density at radius 1 is 1.52 bits per heavy atom. The largest absolute Gasteiger partial charge is 0.542 e. The van der Waals surface area contributed by atoms with Gasteiger partial charge >= 0.3 is 11.8 Å². The van der Waals surface area contributed by atoms with Gasteiger partial charge in [-0.1, -0.05) is 26.0 Å². The third-order valence-corrected chi connectivity index (χ3v) is 2.40. The van der Waals surface area contributed by atoms with Crippen LogP contribution in [0.1, 0.15) is 31.6 Å². The molecule has 0 saturated carbocycles. The van der Waals surface area contributed by atoms with Crippen molar-refractivity contribution in [3.05, 3.63) is 41.0 Å². The number of ether oxygens (including phenoxy) is 1. The minimum Gasteiger partial charge on any atom is -0.542 e. The van der Waals surface area contributed by atoms with Crippen molar-refractivity contribution >= 4 is 5.97 Å². The first kappa shape index (κ1) is 20.7. The summed E-state index contributed by atoms with van der Waals surface area (Å²) in [6.07, 6.45) is -1.69. The lowest BCUT2D eigenvalue weighted by Gasteiger charge is -2.07. The molecule has 3 N–H and O–H groups in total. The second kappa shape index (κ2) is 9.67. The lowest BCUT2D eigenvalue weighted by atomic mass is 10.1. The molecule has 0 amide bonds. The number of hydrogen-bond donors (Lipinski definition) is 1. The molecule has 0 aliphatic carbocycles. The van der Waals surface area contributed by atoms with E-state index in [9.17, 15) is 18.0 Å². The fourth-order valence-corrected chi connectivity index (χ4v) is 1.40. The molecule has 1 aromatic rings. The van der Waals surface area contributed by atoms with Gasteiger partial charge in [-0.25, -0.2) is 4.79 Å². The molecular formula is C14H18F3NO5. The topological polar surface area (TPSA) is 107 Å². The van der Waals surface area contributed by atoms with Gasteiger partial charge < -0.3 is 24.8 Å². The summed E-state index contributed by atoms with van der Waals surface area (Å²) in [6, 6.07) is 3.04. The Hall–Kier alpha value is -2.29. The summed E-state index contributed by atoms with van der Waals surface area (Å²) in [4.78, 5) is 20.1. The summed E-state index contributed by atoms with van der Waals surface area (Å²) in [6.45, 7) is 5.98. The quantitative estimate of drug-likeness (QED) is 0.764. The predicted octanol–water partition coefficient (Wildman–Crippen LogP) is 0.586. The van der Waals surface area contributed by atoms with Crippen LogP contribution < -0.4 is 21.2 Å². The average Bonchev–Trinajstić information content (AvgIpc) is 2.44. The van der Waals surface area contributed by atoms with E-state index < -0.39 is 17.8 Å². The molecule has 6 nitrogen and oxygen atoms in total. The Kier molecular flexibility index (Phi) is 8.71. The van der Waals surface area contributed by atoms with E-state index >= 15 is 0 Å². The number of carbonyl (C=O) groups is 1. The van der Waals surface area contributed by atoms with Gasteiger partial charge in [-0.3, -0.25) is 0 Å². The van der Waals surface area contributed by atoms with Gasteiger partial charge in [0.2, 0.25) is 0 Å². The molecule has 0 fully saturated rings. The predicted molar refractivity (Wildman–Crippen MR) is 72.3 cm³/mol. The monoisotopic (exact) mass is 337 g/mol. The van der Waals surface area contributed by atoms with E-state index in [0.717, 1.165) is 12.8 Å². The standard InChI is InChI=1S/C12H17NO3.C2HF3O2/c1-3-5-10(13)11-7-9(15-6-4-2)8-12(14)16-11;3-2(4,5)1(6)7/h4,7-8,10H,2-3,5-6,13H2,1H3;(H,6,7)/t10-;/m1./s1. The molecule has 0 radical (unpaired) electrons. The highest BCUT2D eigenvalue weighted by atomic mass is 19.4. The van der Waals surface area contributed by atoms with Crippen LogP contribution >= 0.6 is 0 Å². The van der Waals surface area contributed by atoms with Crippen molar-refractivity contribution in [2.45, 2.75) is 32.0 Å². The summed E-state index contributed by atoms with van der Waals surface area (Å²) in [5.74, 6) is -1.92. The molecule has 0 aromatic carbocycles. The number of carboxylic acid groups (broad SMARTS) is 1. The van der Waals surface area contributed by atoms with Crippen molar-refractivity contribution in [2.24, 2.45) is 0 Å². The van der Waals surface area contributed by atoms with E-state index in [-0.39, 0.29) is 6.04 Å². The van der Waals surface area contributed by atoms with Gasteiger partial charge in [0.05, 0.1) is 6.07 Å². The summed E-state index contributed by atoms with van der Waals surface area (Å²) in [5, 5.41) is 8.78. The molecular weight excluding hydrogens is 319 g/mol. The van der Waals surface area contributed by atoms with Crippen molar-refractivity contribution in [2.75, 3.05) is 6.61 Å². The fraction of sp³-hybridized carbons (Fsp3) is 0.429. The highest BCUT2D eigenvalue weighted by molar-refractivity contribution is 5.70. The maximum atomic E-state index is 11.3. The lowest BCUT2D eigenvalue weighted by Crippen LogP contribution is -2.53.